The highest BCUT2D eigenvalue weighted by molar-refractivity contribution is 5.79. The van der Waals surface area contributed by atoms with Crippen LogP contribution >= 0.6 is 0 Å². The van der Waals surface area contributed by atoms with Crippen LogP contribution in [0.25, 0.3) is 0 Å². The summed E-state index contributed by atoms with van der Waals surface area (Å²) in [5.41, 5.74) is 0.142. The van der Waals surface area contributed by atoms with Gasteiger partial charge in [-0.2, -0.15) is 0 Å². The molecule has 21 heavy (non-hydrogen) atoms. The second-order valence-corrected chi connectivity index (χ2v) is 8.97. The van der Waals surface area contributed by atoms with Crippen molar-refractivity contribution in [1.29, 1.82) is 0 Å². The van der Waals surface area contributed by atoms with Crippen LogP contribution in [0.3, 0.4) is 0 Å². The third kappa shape index (κ3) is 7.33. The molecule has 0 spiro atoms. The Labute approximate surface area is 132 Å². The number of carbonyl (C=O) groups is 1. The predicted octanol–water partition coefficient (Wildman–Crippen LogP) is 5.31. The van der Waals surface area contributed by atoms with Gasteiger partial charge >= 0.3 is 0 Å². The van der Waals surface area contributed by atoms with Crippen molar-refractivity contribution in [1.82, 2.24) is 5.32 Å². The molecule has 1 amide bonds. The van der Waals surface area contributed by atoms with Crippen molar-refractivity contribution >= 4 is 5.91 Å². The summed E-state index contributed by atoms with van der Waals surface area (Å²) in [5.74, 6) is 1.41. The van der Waals surface area contributed by atoms with E-state index in [9.17, 15) is 4.79 Å². The zero-order valence-electron chi connectivity index (χ0n) is 15.2. The van der Waals surface area contributed by atoms with Crippen LogP contribution in [0.15, 0.2) is 0 Å². The maximum atomic E-state index is 12.5. The quantitative estimate of drug-likeness (QED) is 0.706. The number of rotatable bonds is 6. The third-order valence-corrected chi connectivity index (χ3v) is 4.62. The van der Waals surface area contributed by atoms with Gasteiger partial charge in [-0.05, 0) is 57.3 Å². The summed E-state index contributed by atoms with van der Waals surface area (Å²) in [6, 6.07) is 0. The van der Waals surface area contributed by atoms with Crippen molar-refractivity contribution in [2.45, 2.75) is 98.4 Å². The standard InChI is InChI=1S/C19H37NO/c1-7-8-9-15-10-12-16(13-11-15)17(21)20-19(5,6)14-18(2,3)4/h15-16H,7-14H2,1-6H3,(H,20,21). The Morgan fingerprint density at radius 3 is 2.10 bits per heavy atom. The van der Waals surface area contributed by atoms with Gasteiger partial charge in [0.25, 0.3) is 0 Å². The molecule has 124 valence electrons. The summed E-state index contributed by atoms with van der Waals surface area (Å²) < 4.78 is 0. The molecule has 1 aliphatic carbocycles. The highest BCUT2D eigenvalue weighted by Gasteiger charge is 2.31. The van der Waals surface area contributed by atoms with Gasteiger partial charge in [-0.3, -0.25) is 4.79 Å². The van der Waals surface area contributed by atoms with E-state index in [2.05, 4.69) is 46.9 Å². The van der Waals surface area contributed by atoms with Crippen molar-refractivity contribution in [3.8, 4) is 0 Å². The van der Waals surface area contributed by atoms with Gasteiger partial charge in [0.2, 0.25) is 5.91 Å². The Kier molecular flexibility index (Phi) is 6.74. The summed E-state index contributed by atoms with van der Waals surface area (Å²) in [4.78, 5) is 12.5. The van der Waals surface area contributed by atoms with E-state index in [0.29, 0.717) is 0 Å². The molecular formula is C19H37NO. The molecule has 1 N–H and O–H groups in total. The van der Waals surface area contributed by atoms with Gasteiger partial charge < -0.3 is 5.32 Å². The lowest BCUT2D eigenvalue weighted by Crippen LogP contribution is -2.48. The molecule has 1 fully saturated rings. The Morgan fingerprint density at radius 2 is 1.62 bits per heavy atom. The van der Waals surface area contributed by atoms with Crippen LogP contribution in [0.1, 0.15) is 92.9 Å². The van der Waals surface area contributed by atoms with Crippen LogP contribution in [-0.4, -0.2) is 11.4 Å². The predicted molar refractivity (Wildman–Crippen MR) is 91.3 cm³/mol. The molecule has 0 heterocycles. The molecule has 0 aromatic carbocycles. The van der Waals surface area contributed by atoms with Gasteiger partial charge in [0.15, 0.2) is 0 Å². The summed E-state index contributed by atoms with van der Waals surface area (Å²) in [6.45, 7) is 13.3. The van der Waals surface area contributed by atoms with Crippen molar-refractivity contribution in [3.63, 3.8) is 0 Å². The molecule has 0 saturated heterocycles. The van der Waals surface area contributed by atoms with E-state index in [0.717, 1.165) is 25.2 Å². The molecule has 0 radical (unpaired) electrons. The number of unbranched alkanes of at least 4 members (excludes halogenated alkanes) is 1. The van der Waals surface area contributed by atoms with E-state index in [-0.39, 0.29) is 22.8 Å². The molecule has 0 unspecified atom stereocenters. The van der Waals surface area contributed by atoms with Crippen LogP contribution in [0.5, 0.6) is 0 Å². The fraction of sp³-hybridized carbons (Fsp3) is 0.947. The van der Waals surface area contributed by atoms with Crippen LogP contribution in [0.4, 0.5) is 0 Å². The molecular weight excluding hydrogens is 258 g/mol. The third-order valence-electron chi connectivity index (χ3n) is 4.62. The minimum absolute atomic E-state index is 0.103. The molecule has 2 nitrogen and oxygen atoms in total. The lowest BCUT2D eigenvalue weighted by atomic mass is 9.78. The Morgan fingerprint density at radius 1 is 1.05 bits per heavy atom. The summed E-state index contributed by atoms with van der Waals surface area (Å²) in [5, 5.41) is 3.30. The van der Waals surface area contributed by atoms with Crippen LogP contribution < -0.4 is 5.32 Å². The van der Waals surface area contributed by atoms with E-state index in [1.54, 1.807) is 0 Å². The van der Waals surface area contributed by atoms with E-state index >= 15 is 0 Å². The molecule has 2 heteroatoms. The molecule has 0 aliphatic heterocycles. The minimum Gasteiger partial charge on any atom is -0.351 e. The smallest absolute Gasteiger partial charge is 0.223 e. The molecule has 1 aliphatic rings. The van der Waals surface area contributed by atoms with Crippen molar-refractivity contribution < 1.29 is 4.79 Å². The molecule has 0 atom stereocenters. The maximum Gasteiger partial charge on any atom is 0.223 e. The number of amides is 1. The van der Waals surface area contributed by atoms with E-state index < -0.39 is 0 Å². The van der Waals surface area contributed by atoms with Gasteiger partial charge in [-0.1, -0.05) is 47.0 Å². The van der Waals surface area contributed by atoms with Crippen LogP contribution in [0.2, 0.25) is 0 Å². The van der Waals surface area contributed by atoms with E-state index in [1.807, 2.05) is 0 Å². The first-order valence-electron chi connectivity index (χ1n) is 8.95. The number of hydrogen-bond acceptors (Lipinski definition) is 1. The van der Waals surface area contributed by atoms with Crippen LogP contribution in [-0.2, 0) is 4.79 Å². The summed E-state index contributed by atoms with van der Waals surface area (Å²) in [7, 11) is 0. The SMILES string of the molecule is CCCCC1CCC(C(=O)NC(C)(C)CC(C)(C)C)CC1. The van der Waals surface area contributed by atoms with Gasteiger partial charge in [0.1, 0.15) is 0 Å². The average molecular weight is 296 g/mol. The Balaban J connectivity index is 2.40. The Bertz CT molecular complexity index is 319. The van der Waals surface area contributed by atoms with Crippen LogP contribution in [0, 0.1) is 17.3 Å². The van der Waals surface area contributed by atoms with E-state index in [1.165, 1.54) is 32.1 Å². The normalized spacial score (nSPS) is 23.9. The maximum absolute atomic E-state index is 12.5. The zero-order chi connectivity index (χ0) is 16.1. The second-order valence-electron chi connectivity index (χ2n) is 8.97. The lowest BCUT2D eigenvalue weighted by molar-refractivity contribution is -0.128. The molecule has 0 aromatic heterocycles. The van der Waals surface area contributed by atoms with Crippen molar-refractivity contribution in [3.05, 3.63) is 0 Å². The second kappa shape index (κ2) is 7.65. The summed E-state index contributed by atoms with van der Waals surface area (Å²) >= 11 is 0. The van der Waals surface area contributed by atoms with Gasteiger partial charge in [0, 0.05) is 11.5 Å². The zero-order valence-corrected chi connectivity index (χ0v) is 15.2. The fourth-order valence-corrected chi connectivity index (χ4v) is 4.01. The molecule has 1 saturated carbocycles. The first-order chi connectivity index (χ1) is 9.63. The highest BCUT2D eigenvalue weighted by Crippen LogP contribution is 2.33. The lowest BCUT2D eigenvalue weighted by Gasteiger charge is -2.36. The monoisotopic (exact) mass is 295 g/mol. The van der Waals surface area contributed by atoms with Crippen molar-refractivity contribution in [2.75, 3.05) is 0 Å². The molecule has 1 rings (SSSR count). The number of carbonyl (C=O) groups excluding carboxylic acids is 1. The topological polar surface area (TPSA) is 29.1 Å². The van der Waals surface area contributed by atoms with E-state index in [4.69, 9.17) is 0 Å². The largest absolute Gasteiger partial charge is 0.351 e. The fourth-order valence-electron chi connectivity index (χ4n) is 4.01. The number of hydrogen-bond donors (Lipinski definition) is 1. The average Bonchev–Trinajstić information content (AvgIpc) is 2.33. The minimum atomic E-state index is -0.103. The Hall–Kier alpha value is -0.530. The van der Waals surface area contributed by atoms with Gasteiger partial charge in [-0.15, -0.1) is 0 Å². The number of nitrogens with one attached hydrogen (secondary N) is 1. The van der Waals surface area contributed by atoms with Crippen molar-refractivity contribution in [2.24, 2.45) is 17.3 Å². The van der Waals surface area contributed by atoms with Gasteiger partial charge in [0.05, 0.1) is 0 Å². The molecule has 0 bridgehead atoms. The molecule has 0 aromatic rings. The first kappa shape index (κ1) is 18.5. The summed E-state index contributed by atoms with van der Waals surface area (Å²) in [6.07, 6.45) is 9.69. The first-order valence-corrected chi connectivity index (χ1v) is 8.95. The highest BCUT2D eigenvalue weighted by atomic mass is 16.2. The van der Waals surface area contributed by atoms with Gasteiger partial charge in [-0.25, -0.2) is 0 Å².